The molecule has 1 unspecified atom stereocenters. The highest BCUT2D eigenvalue weighted by Gasteiger charge is 2.23. The summed E-state index contributed by atoms with van der Waals surface area (Å²) in [5.41, 5.74) is 5.56. The number of amides is 4. The van der Waals surface area contributed by atoms with Crippen molar-refractivity contribution < 1.29 is 33.4 Å². The van der Waals surface area contributed by atoms with E-state index in [1.807, 2.05) is 67.2 Å². The molecule has 4 amide bonds. The minimum atomic E-state index is -0.322. The Balaban J connectivity index is 0.985. The molecule has 2 aliphatic rings. The molecule has 2 aliphatic heterocycles. The summed E-state index contributed by atoms with van der Waals surface area (Å²) < 4.78 is 20.4. The molecule has 54 heavy (non-hydrogen) atoms. The Morgan fingerprint density at radius 1 is 0.907 bits per heavy atom. The summed E-state index contributed by atoms with van der Waals surface area (Å²) in [7, 11) is 5.17. The molecule has 0 aliphatic carbocycles. The van der Waals surface area contributed by atoms with E-state index in [1.165, 1.54) is 0 Å². The van der Waals surface area contributed by atoms with Crippen molar-refractivity contribution in [1.29, 1.82) is 0 Å². The van der Waals surface area contributed by atoms with Gasteiger partial charge in [-0.1, -0.05) is 12.1 Å². The summed E-state index contributed by atoms with van der Waals surface area (Å²) >= 11 is 0. The van der Waals surface area contributed by atoms with E-state index in [4.69, 9.17) is 14.2 Å². The predicted molar refractivity (Wildman–Crippen MR) is 206 cm³/mol. The Morgan fingerprint density at radius 3 is 2.41 bits per heavy atom. The zero-order valence-corrected chi connectivity index (χ0v) is 31.2. The van der Waals surface area contributed by atoms with Gasteiger partial charge in [0, 0.05) is 76.1 Å². The Morgan fingerprint density at radius 2 is 1.67 bits per heavy atom. The molecule has 14 heteroatoms. The lowest BCUT2D eigenvalue weighted by Crippen LogP contribution is -2.41. The predicted octanol–water partition coefficient (Wildman–Crippen LogP) is 5.19. The van der Waals surface area contributed by atoms with Crippen LogP contribution in [0.5, 0.6) is 11.5 Å². The number of ether oxygens (including phenoxy) is 3. The van der Waals surface area contributed by atoms with Crippen molar-refractivity contribution in [2.75, 3.05) is 57.2 Å². The minimum absolute atomic E-state index is 0.0179. The Hall–Kier alpha value is -5.89. The van der Waals surface area contributed by atoms with Gasteiger partial charge >= 0.3 is 0 Å². The first-order valence-electron chi connectivity index (χ1n) is 18.1. The number of likely N-dealkylation sites (tertiary alicyclic amines) is 1. The number of aliphatic imine (C=N–C) groups is 1. The maximum Gasteiger partial charge on any atom is 0.272 e. The van der Waals surface area contributed by atoms with Gasteiger partial charge in [-0.15, -0.1) is 0 Å². The number of nitrogens with zero attached hydrogens (tertiary/aromatic N) is 5. The Bertz CT molecular complexity index is 2010. The van der Waals surface area contributed by atoms with E-state index in [9.17, 15) is 19.2 Å². The minimum Gasteiger partial charge on any atom is -0.493 e. The van der Waals surface area contributed by atoms with Crippen molar-refractivity contribution in [2.45, 2.75) is 38.6 Å². The van der Waals surface area contributed by atoms with Crippen molar-refractivity contribution in [3.05, 3.63) is 77.9 Å². The molecule has 0 spiro atoms. The van der Waals surface area contributed by atoms with Gasteiger partial charge in [-0.3, -0.25) is 24.2 Å². The normalized spacial score (nSPS) is 15.7. The number of aryl methyl sites for hydroxylation is 3. The number of carbonyl (C=O) groups excluding carboxylic acids is 4. The fourth-order valence-corrected chi connectivity index (χ4v) is 6.64. The standard InChI is InChI=1S/C40H47N7O7/c1-27-19-36(52-4)37(22-33(27)41-23-32-7-5-13-47(32)26-48)54-16-6-8-38(49)42-31-21-34(45(3)25-31)39(50)43-30-11-9-28(10-12-30)29-20-35(44(2)24-29)40(51)46-14-17-53-18-15-46/h9-12,19-26,32H,5-8,13-18H2,1-4H3,(H,42,49)(H,43,50)/b41-23-. The third-order valence-electron chi connectivity index (χ3n) is 9.67. The third kappa shape index (κ3) is 9.00. The van der Waals surface area contributed by atoms with Gasteiger partial charge < -0.3 is 43.8 Å². The highest BCUT2D eigenvalue weighted by Crippen LogP contribution is 2.35. The number of anilines is 2. The van der Waals surface area contributed by atoms with Crippen LogP contribution >= 0.6 is 0 Å². The lowest BCUT2D eigenvalue weighted by molar-refractivity contribution is -0.118. The summed E-state index contributed by atoms with van der Waals surface area (Å²) in [5.74, 6) is 0.539. The summed E-state index contributed by atoms with van der Waals surface area (Å²) in [4.78, 5) is 58.5. The molecule has 284 valence electrons. The Labute approximate surface area is 314 Å². The average molecular weight is 738 g/mol. The molecular formula is C40H47N7O7. The second kappa shape index (κ2) is 17.3. The lowest BCUT2D eigenvalue weighted by Gasteiger charge is -2.26. The maximum atomic E-state index is 13.2. The topological polar surface area (TPSA) is 149 Å². The van der Waals surface area contributed by atoms with Crippen molar-refractivity contribution >= 4 is 47.4 Å². The second-order valence-electron chi connectivity index (χ2n) is 13.5. The quantitative estimate of drug-likeness (QED) is 0.103. The molecule has 4 aromatic rings. The number of hydrogen-bond donors (Lipinski definition) is 2. The van der Waals surface area contributed by atoms with Crippen molar-refractivity contribution in [3.63, 3.8) is 0 Å². The average Bonchev–Trinajstić information content (AvgIpc) is 3.91. The molecule has 0 saturated carbocycles. The van der Waals surface area contributed by atoms with E-state index in [2.05, 4.69) is 15.6 Å². The van der Waals surface area contributed by atoms with Gasteiger partial charge in [0.2, 0.25) is 12.3 Å². The lowest BCUT2D eigenvalue weighted by atomic mass is 10.1. The molecule has 2 aromatic carbocycles. The fraction of sp³-hybridized carbons (Fsp3) is 0.375. The molecule has 6 rings (SSSR count). The fourth-order valence-electron chi connectivity index (χ4n) is 6.64. The number of rotatable bonds is 14. The first-order chi connectivity index (χ1) is 26.1. The first kappa shape index (κ1) is 37.9. The van der Waals surface area contributed by atoms with E-state index in [0.717, 1.165) is 48.2 Å². The molecule has 2 aromatic heterocycles. The van der Waals surface area contributed by atoms with Gasteiger partial charge in [-0.25, -0.2) is 0 Å². The molecule has 2 N–H and O–H groups in total. The van der Waals surface area contributed by atoms with E-state index in [0.29, 0.717) is 67.0 Å². The Kier molecular flexibility index (Phi) is 12.1. The summed E-state index contributed by atoms with van der Waals surface area (Å²) in [6.07, 6.45) is 8.77. The monoisotopic (exact) mass is 737 g/mol. The van der Waals surface area contributed by atoms with Crippen LogP contribution in [0.2, 0.25) is 0 Å². The number of aromatic nitrogens is 2. The summed E-state index contributed by atoms with van der Waals surface area (Å²) in [6.45, 7) is 5.19. The highest BCUT2D eigenvalue weighted by molar-refractivity contribution is 6.04. The van der Waals surface area contributed by atoms with Crippen LogP contribution in [-0.2, 0) is 28.4 Å². The van der Waals surface area contributed by atoms with Crippen LogP contribution in [0.25, 0.3) is 11.1 Å². The number of methoxy groups -OCH3 is 1. The molecule has 14 nitrogen and oxygen atoms in total. The van der Waals surface area contributed by atoms with Crippen LogP contribution in [-0.4, -0.2) is 102 Å². The number of morpholine rings is 1. The molecule has 2 saturated heterocycles. The number of benzene rings is 2. The molecular weight excluding hydrogens is 690 g/mol. The van der Waals surface area contributed by atoms with Gasteiger partial charge in [-0.2, -0.15) is 0 Å². The van der Waals surface area contributed by atoms with Crippen LogP contribution < -0.4 is 20.1 Å². The smallest absolute Gasteiger partial charge is 0.272 e. The molecule has 2 fully saturated rings. The van der Waals surface area contributed by atoms with Crippen LogP contribution in [0.1, 0.15) is 52.2 Å². The maximum absolute atomic E-state index is 13.2. The van der Waals surface area contributed by atoms with E-state index < -0.39 is 0 Å². The van der Waals surface area contributed by atoms with Crippen molar-refractivity contribution in [3.8, 4) is 22.6 Å². The number of hydrogen-bond acceptors (Lipinski definition) is 8. The van der Waals surface area contributed by atoms with Crippen molar-refractivity contribution in [1.82, 2.24) is 18.9 Å². The summed E-state index contributed by atoms with van der Waals surface area (Å²) in [5, 5.41) is 5.79. The number of nitrogens with one attached hydrogen (secondary N) is 2. The van der Waals surface area contributed by atoms with E-state index in [-0.39, 0.29) is 36.8 Å². The largest absolute Gasteiger partial charge is 0.493 e. The molecule has 1 atom stereocenters. The van der Waals surface area contributed by atoms with Crippen LogP contribution in [0.4, 0.5) is 17.1 Å². The third-order valence-corrected chi connectivity index (χ3v) is 9.67. The van der Waals surface area contributed by atoms with Crippen molar-refractivity contribution in [2.24, 2.45) is 19.1 Å². The highest BCUT2D eigenvalue weighted by atomic mass is 16.5. The van der Waals surface area contributed by atoms with Crippen LogP contribution in [0.3, 0.4) is 0 Å². The second-order valence-corrected chi connectivity index (χ2v) is 13.5. The SMILES string of the molecule is COc1cc(C)c(/N=C\C2CCCN2C=O)cc1OCCCC(=O)Nc1cc(C(=O)Nc2ccc(-c3cc(C(=O)N4CCOCC4)n(C)c3)cc2)n(C)c1. The van der Waals surface area contributed by atoms with Gasteiger partial charge in [0.25, 0.3) is 11.8 Å². The van der Waals surface area contributed by atoms with E-state index in [1.54, 1.807) is 47.0 Å². The van der Waals surface area contributed by atoms with E-state index >= 15 is 0 Å². The molecule has 0 bridgehead atoms. The summed E-state index contributed by atoms with van der Waals surface area (Å²) in [6, 6.07) is 14.6. The number of carbonyl (C=O) groups is 4. The van der Waals surface area contributed by atoms with Crippen LogP contribution in [0, 0.1) is 6.92 Å². The molecule has 0 radical (unpaired) electrons. The van der Waals surface area contributed by atoms with Gasteiger partial charge in [0.15, 0.2) is 11.5 Å². The van der Waals surface area contributed by atoms with Gasteiger partial charge in [0.1, 0.15) is 11.4 Å². The zero-order chi connectivity index (χ0) is 38.2. The van der Waals surface area contributed by atoms with Gasteiger partial charge in [0.05, 0.1) is 44.3 Å². The zero-order valence-electron chi connectivity index (χ0n) is 31.2. The molecule has 4 heterocycles. The first-order valence-corrected chi connectivity index (χ1v) is 18.1. The van der Waals surface area contributed by atoms with Crippen LogP contribution in [0.15, 0.2) is 65.9 Å². The van der Waals surface area contributed by atoms with Gasteiger partial charge in [-0.05, 0) is 67.6 Å².